The molecule has 0 aliphatic carbocycles. The lowest BCUT2D eigenvalue weighted by Gasteiger charge is -2.27. The van der Waals surface area contributed by atoms with Gasteiger partial charge in [0.15, 0.2) is 0 Å². The second-order valence-corrected chi connectivity index (χ2v) is 6.69. The first-order valence-electron chi connectivity index (χ1n) is 9.41. The van der Waals surface area contributed by atoms with Crippen LogP contribution in [0.2, 0.25) is 0 Å². The van der Waals surface area contributed by atoms with E-state index in [1.54, 1.807) is 10.9 Å². The van der Waals surface area contributed by atoms with Crippen molar-refractivity contribution in [3.63, 3.8) is 0 Å². The summed E-state index contributed by atoms with van der Waals surface area (Å²) < 4.78 is 7.15. The van der Waals surface area contributed by atoms with Gasteiger partial charge in [0.2, 0.25) is 5.91 Å². The fraction of sp³-hybridized carbons (Fsp3) is 0.286. The summed E-state index contributed by atoms with van der Waals surface area (Å²) in [5, 5.41) is 7.16. The van der Waals surface area contributed by atoms with Gasteiger partial charge >= 0.3 is 0 Å². The molecule has 1 fully saturated rings. The molecule has 3 heterocycles. The number of benzene rings is 1. The van der Waals surface area contributed by atoms with Crippen molar-refractivity contribution in [3.8, 4) is 5.69 Å². The molecule has 144 valence electrons. The molecule has 1 saturated heterocycles. The van der Waals surface area contributed by atoms with E-state index in [-0.39, 0.29) is 5.91 Å². The van der Waals surface area contributed by atoms with Crippen LogP contribution in [0.1, 0.15) is 11.1 Å². The minimum atomic E-state index is -0.0101. The second-order valence-electron chi connectivity index (χ2n) is 6.69. The molecule has 7 nitrogen and oxygen atoms in total. The molecule has 1 aromatic carbocycles. The van der Waals surface area contributed by atoms with Gasteiger partial charge in [-0.25, -0.2) is 9.67 Å². The number of amides is 1. The van der Waals surface area contributed by atoms with E-state index in [9.17, 15) is 4.79 Å². The van der Waals surface area contributed by atoms with E-state index in [1.165, 1.54) is 0 Å². The molecule has 1 N–H and O–H groups in total. The Morgan fingerprint density at radius 1 is 1.07 bits per heavy atom. The quantitative estimate of drug-likeness (QED) is 0.711. The number of rotatable bonds is 6. The van der Waals surface area contributed by atoms with Crippen LogP contribution in [0.15, 0.2) is 61.1 Å². The van der Waals surface area contributed by atoms with Gasteiger partial charge in [-0.2, -0.15) is 5.10 Å². The molecule has 0 spiro atoms. The normalized spacial score (nSPS) is 14.1. The molecule has 0 unspecified atom stereocenters. The van der Waals surface area contributed by atoms with E-state index >= 15 is 0 Å². The number of ether oxygens (including phenoxy) is 1. The topological polar surface area (TPSA) is 72.3 Å². The van der Waals surface area contributed by atoms with Crippen LogP contribution in [0.25, 0.3) is 5.69 Å². The van der Waals surface area contributed by atoms with Crippen molar-refractivity contribution < 1.29 is 9.53 Å². The molecule has 1 amide bonds. The maximum atomic E-state index is 12.2. The predicted octanol–water partition coefficient (Wildman–Crippen LogP) is 1.96. The van der Waals surface area contributed by atoms with Crippen LogP contribution in [-0.2, 0) is 22.5 Å². The van der Waals surface area contributed by atoms with Crippen LogP contribution >= 0.6 is 0 Å². The molecule has 4 rings (SSSR count). The van der Waals surface area contributed by atoms with E-state index in [0.29, 0.717) is 13.0 Å². The van der Waals surface area contributed by atoms with E-state index < -0.39 is 0 Å². The van der Waals surface area contributed by atoms with Crippen LogP contribution in [0, 0.1) is 0 Å². The van der Waals surface area contributed by atoms with Crippen molar-refractivity contribution in [3.05, 3.63) is 72.2 Å². The molecule has 0 atom stereocenters. The minimum Gasteiger partial charge on any atom is -0.378 e. The Morgan fingerprint density at radius 3 is 2.54 bits per heavy atom. The van der Waals surface area contributed by atoms with Crippen molar-refractivity contribution >= 4 is 11.7 Å². The first kappa shape index (κ1) is 18.2. The van der Waals surface area contributed by atoms with Gasteiger partial charge in [-0.3, -0.25) is 4.79 Å². The maximum absolute atomic E-state index is 12.2. The predicted molar refractivity (Wildman–Crippen MR) is 106 cm³/mol. The Morgan fingerprint density at radius 2 is 1.86 bits per heavy atom. The van der Waals surface area contributed by atoms with Gasteiger partial charge in [-0.05, 0) is 35.4 Å². The number of pyridine rings is 1. The smallest absolute Gasteiger partial charge is 0.224 e. The molecule has 7 heteroatoms. The molecule has 0 radical (unpaired) electrons. The van der Waals surface area contributed by atoms with E-state index in [2.05, 4.69) is 20.3 Å². The SMILES string of the molecule is O=C(Cc1ccc(-n2cccn2)cc1)NCc1ccc(N2CCOCC2)nc1. The Hall–Kier alpha value is -3.19. The van der Waals surface area contributed by atoms with Crippen molar-refractivity contribution in [2.75, 3.05) is 31.2 Å². The van der Waals surface area contributed by atoms with E-state index in [4.69, 9.17) is 4.74 Å². The Bertz CT molecular complexity index is 886. The highest BCUT2D eigenvalue weighted by Gasteiger charge is 2.12. The average molecular weight is 377 g/mol. The molecule has 0 saturated carbocycles. The third kappa shape index (κ3) is 4.55. The summed E-state index contributed by atoms with van der Waals surface area (Å²) >= 11 is 0. The summed E-state index contributed by atoms with van der Waals surface area (Å²) in [7, 11) is 0. The van der Waals surface area contributed by atoms with Crippen LogP contribution in [0.4, 0.5) is 5.82 Å². The second kappa shape index (κ2) is 8.67. The summed E-state index contributed by atoms with van der Waals surface area (Å²) in [5.74, 6) is 0.944. The lowest BCUT2D eigenvalue weighted by molar-refractivity contribution is -0.120. The number of aromatic nitrogens is 3. The number of nitrogens with one attached hydrogen (secondary N) is 1. The number of carbonyl (C=O) groups excluding carboxylic acids is 1. The highest BCUT2D eigenvalue weighted by atomic mass is 16.5. The number of hydrogen-bond donors (Lipinski definition) is 1. The average Bonchev–Trinajstić information content (AvgIpc) is 3.29. The monoisotopic (exact) mass is 377 g/mol. The third-order valence-corrected chi connectivity index (χ3v) is 4.70. The minimum absolute atomic E-state index is 0.0101. The summed E-state index contributed by atoms with van der Waals surface area (Å²) in [4.78, 5) is 19.0. The fourth-order valence-corrected chi connectivity index (χ4v) is 3.14. The van der Waals surface area contributed by atoms with Gasteiger partial charge in [-0.15, -0.1) is 0 Å². The molecule has 3 aromatic rings. The number of carbonyl (C=O) groups is 1. The fourth-order valence-electron chi connectivity index (χ4n) is 3.14. The molecule has 2 aromatic heterocycles. The zero-order valence-corrected chi connectivity index (χ0v) is 15.6. The van der Waals surface area contributed by atoms with E-state index in [1.807, 2.05) is 54.9 Å². The highest BCUT2D eigenvalue weighted by Crippen LogP contribution is 2.13. The van der Waals surface area contributed by atoms with E-state index in [0.717, 1.165) is 48.9 Å². The number of anilines is 1. The summed E-state index contributed by atoms with van der Waals surface area (Å²) in [5.41, 5.74) is 2.93. The third-order valence-electron chi connectivity index (χ3n) is 4.70. The van der Waals surface area contributed by atoms with Crippen LogP contribution in [0.3, 0.4) is 0 Å². The van der Waals surface area contributed by atoms with Gasteiger partial charge in [0, 0.05) is 38.2 Å². The van der Waals surface area contributed by atoms with Crippen LogP contribution in [-0.4, -0.2) is 47.0 Å². The Labute approximate surface area is 164 Å². The molecular formula is C21H23N5O2. The summed E-state index contributed by atoms with van der Waals surface area (Å²) in [6.45, 7) is 3.68. The van der Waals surface area contributed by atoms with Crippen molar-refractivity contribution in [2.24, 2.45) is 0 Å². The summed E-state index contributed by atoms with van der Waals surface area (Å²) in [6.07, 6.45) is 5.80. The van der Waals surface area contributed by atoms with Crippen molar-refractivity contribution in [1.29, 1.82) is 0 Å². The van der Waals surface area contributed by atoms with Gasteiger partial charge in [0.05, 0.1) is 25.3 Å². The van der Waals surface area contributed by atoms with Gasteiger partial charge in [-0.1, -0.05) is 18.2 Å². The number of nitrogens with zero attached hydrogens (tertiary/aromatic N) is 4. The molecule has 1 aliphatic heterocycles. The number of morpholine rings is 1. The first-order valence-corrected chi connectivity index (χ1v) is 9.41. The highest BCUT2D eigenvalue weighted by molar-refractivity contribution is 5.78. The largest absolute Gasteiger partial charge is 0.378 e. The van der Waals surface area contributed by atoms with Crippen LogP contribution in [0.5, 0.6) is 0 Å². The lowest BCUT2D eigenvalue weighted by atomic mass is 10.1. The Balaban J connectivity index is 1.27. The van der Waals surface area contributed by atoms with Crippen LogP contribution < -0.4 is 10.2 Å². The summed E-state index contributed by atoms with van der Waals surface area (Å²) in [6, 6.07) is 13.7. The molecule has 0 bridgehead atoms. The maximum Gasteiger partial charge on any atom is 0.224 e. The zero-order chi connectivity index (χ0) is 19.2. The Kier molecular flexibility index (Phi) is 5.63. The number of hydrogen-bond acceptors (Lipinski definition) is 5. The zero-order valence-electron chi connectivity index (χ0n) is 15.6. The molecule has 1 aliphatic rings. The van der Waals surface area contributed by atoms with Crippen molar-refractivity contribution in [2.45, 2.75) is 13.0 Å². The lowest BCUT2D eigenvalue weighted by Crippen LogP contribution is -2.36. The van der Waals surface area contributed by atoms with Gasteiger partial charge in [0.25, 0.3) is 0 Å². The first-order chi connectivity index (χ1) is 13.8. The standard InChI is InChI=1S/C21H23N5O2/c27-21(14-17-2-5-19(6-3-17)26-9-1-8-24-26)23-16-18-4-7-20(22-15-18)25-10-12-28-13-11-25/h1-9,15H,10-14,16H2,(H,23,27). The molecular weight excluding hydrogens is 354 g/mol. The van der Waals surface area contributed by atoms with Gasteiger partial charge in [0.1, 0.15) is 5.82 Å². The molecule has 28 heavy (non-hydrogen) atoms. The van der Waals surface area contributed by atoms with Crippen molar-refractivity contribution in [1.82, 2.24) is 20.1 Å². The van der Waals surface area contributed by atoms with Gasteiger partial charge < -0.3 is 15.0 Å².